The van der Waals surface area contributed by atoms with Crippen molar-refractivity contribution in [3.05, 3.63) is 113 Å². The number of furan rings is 1. The standard InChI is InChI=1S/C26H19BrN2O3S/c1-31-17-7-4-6-16(13-17)24-20-11-9-15-5-2-3-8-19(15)23(20)28-26-29(24)25(30)21(33-26)14-18-10-12-22(27)32-18/h2-8,10,12-14,24H,9,11H2,1H3. The van der Waals surface area contributed by atoms with E-state index >= 15 is 0 Å². The molecule has 0 spiro atoms. The number of hydrogen-bond acceptors (Lipinski definition) is 5. The number of fused-ring (bicyclic) bond motifs is 3. The van der Waals surface area contributed by atoms with Crippen molar-refractivity contribution in [1.29, 1.82) is 0 Å². The Hall–Kier alpha value is -3.16. The molecule has 0 amide bonds. The highest BCUT2D eigenvalue weighted by Crippen LogP contribution is 2.41. The van der Waals surface area contributed by atoms with Crippen LogP contribution in [-0.2, 0) is 6.42 Å². The van der Waals surface area contributed by atoms with Crippen molar-refractivity contribution in [1.82, 2.24) is 4.57 Å². The Morgan fingerprint density at radius 3 is 2.85 bits per heavy atom. The van der Waals surface area contributed by atoms with Crippen LogP contribution in [0, 0.1) is 0 Å². The predicted octanol–water partition coefficient (Wildman–Crippen LogP) is 4.68. The fourth-order valence-corrected chi connectivity index (χ4v) is 5.97. The van der Waals surface area contributed by atoms with Gasteiger partial charge in [0.2, 0.25) is 0 Å². The number of nitrogens with zero attached hydrogens (tertiary/aromatic N) is 2. The number of allylic oxidation sites excluding steroid dienone is 1. The molecular weight excluding hydrogens is 500 g/mol. The van der Waals surface area contributed by atoms with Crippen LogP contribution in [0.1, 0.15) is 34.9 Å². The Balaban J connectivity index is 1.64. The molecule has 2 aromatic carbocycles. The third kappa shape index (κ3) is 3.43. The largest absolute Gasteiger partial charge is 0.497 e. The van der Waals surface area contributed by atoms with Crippen LogP contribution < -0.4 is 19.6 Å². The normalized spacial score (nSPS) is 17.3. The van der Waals surface area contributed by atoms with Gasteiger partial charge in [0.15, 0.2) is 9.47 Å². The molecule has 0 saturated carbocycles. The average molecular weight is 519 g/mol. The molecule has 7 heteroatoms. The van der Waals surface area contributed by atoms with Gasteiger partial charge in [0.05, 0.1) is 23.4 Å². The number of hydrogen-bond donors (Lipinski definition) is 0. The zero-order valence-corrected chi connectivity index (χ0v) is 20.2. The van der Waals surface area contributed by atoms with Gasteiger partial charge in [0.25, 0.3) is 5.56 Å². The Bertz CT molecular complexity index is 1610. The molecule has 6 rings (SSSR count). The molecule has 33 heavy (non-hydrogen) atoms. The first-order chi connectivity index (χ1) is 16.1. The van der Waals surface area contributed by atoms with E-state index in [2.05, 4.69) is 46.3 Å². The van der Waals surface area contributed by atoms with Crippen LogP contribution in [0.3, 0.4) is 0 Å². The molecular formula is C26H19BrN2O3S. The second kappa shape index (κ2) is 8.01. The van der Waals surface area contributed by atoms with Gasteiger partial charge < -0.3 is 9.15 Å². The van der Waals surface area contributed by atoms with E-state index in [9.17, 15) is 4.79 Å². The number of aryl methyl sites for hydroxylation is 1. The van der Waals surface area contributed by atoms with Crippen LogP contribution in [0.2, 0.25) is 0 Å². The lowest BCUT2D eigenvalue weighted by atomic mass is 9.83. The van der Waals surface area contributed by atoms with Gasteiger partial charge in [-0.3, -0.25) is 9.36 Å². The summed E-state index contributed by atoms with van der Waals surface area (Å²) in [5.41, 5.74) is 5.55. The van der Waals surface area contributed by atoms with E-state index in [4.69, 9.17) is 14.1 Å². The molecule has 1 atom stereocenters. The van der Waals surface area contributed by atoms with Gasteiger partial charge in [-0.2, -0.15) is 0 Å². The van der Waals surface area contributed by atoms with E-state index in [-0.39, 0.29) is 11.6 Å². The number of ether oxygens (including phenoxy) is 1. The zero-order chi connectivity index (χ0) is 22.5. The van der Waals surface area contributed by atoms with E-state index in [0.29, 0.717) is 19.8 Å². The highest BCUT2D eigenvalue weighted by atomic mass is 79.9. The molecule has 0 N–H and O–H groups in total. The molecule has 1 aliphatic heterocycles. The second-order valence-corrected chi connectivity index (χ2v) is 9.82. The third-order valence-electron chi connectivity index (χ3n) is 6.15. The Morgan fingerprint density at radius 1 is 1.15 bits per heavy atom. The van der Waals surface area contributed by atoms with Crippen molar-refractivity contribution >= 4 is 39.0 Å². The topological polar surface area (TPSA) is 56.7 Å². The quantitative estimate of drug-likeness (QED) is 0.395. The molecule has 0 fully saturated rings. The van der Waals surface area contributed by atoms with Crippen molar-refractivity contribution in [2.75, 3.05) is 7.11 Å². The molecule has 1 aliphatic carbocycles. The summed E-state index contributed by atoms with van der Waals surface area (Å²) in [5.74, 6) is 1.39. The number of benzene rings is 2. The molecule has 3 heterocycles. The lowest BCUT2D eigenvalue weighted by molar-refractivity contribution is 0.413. The minimum Gasteiger partial charge on any atom is -0.497 e. The molecule has 2 aromatic heterocycles. The highest BCUT2D eigenvalue weighted by molar-refractivity contribution is 9.10. The Labute approximate surface area is 202 Å². The number of rotatable bonds is 3. The van der Waals surface area contributed by atoms with Crippen molar-refractivity contribution in [3.63, 3.8) is 0 Å². The maximum Gasteiger partial charge on any atom is 0.271 e. The first-order valence-corrected chi connectivity index (χ1v) is 12.3. The van der Waals surface area contributed by atoms with Gasteiger partial charge in [0.1, 0.15) is 11.5 Å². The average Bonchev–Trinajstić information content (AvgIpc) is 3.40. The third-order valence-corrected chi connectivity index (χ3v) is 7.56. The maximum absolute atomic E-state index is 13.7. The van der Waals surface area contributed by atoms with Crippen molar-refractivity contribution in [2.24, 2.45) is 4.99 Å². The van der Waals surface area contributed by atoms with Gasteiger partial charge in [-0.1, -0.05) is 47.7 Å². The molecule has 0 bridgehead atoms. The van der Waals surface area contributed by atoms with Gasteiger partial charge in [-0.25, -0.2) is 4.99 Å². The molecule has 5 nitrogen and oxygen atoms in total. The van der Waals surface area contributed by atoms with Gasteiger partial charge in [-0.15, -0.1) is 0 Å². The van der Waals surface area contributed by atoms with Crippen molar-refractivity contribution in [3.8, 4) is 5.75 Å². The summed E-state index contributed by atoms with van der Waals surface area (Å²) >= 11 is 4.72. The summed E-state index contributed by atoms with van der Waals surface area (Å²) < 4.78 is 14.2. The maximum atomic E-state index is 13.7. The van der Waals surface area contributed by atoms with E-state index < -0.39 is 0 Å². The minimum atomic E-state index is -0.231. The summed E-state index contributed by atoms with van der Waals surface area (Å²) in [6, 6.07) is 19.8. The Kier molecular flexibility index (Phi) is 4.96. The van der Waals surface area contributed by atoms with Gasteiger partial charge >= 0.3 is 0 Å². The summed E-state index contributed by atoms with van der Waals surface area (Å²) in [6.07, 6.45) is 3.57. The first kappa shape index (κ1) is 20.4. The highest BCUT2D eigenvalue weighted by Gasteiger charge is 2.32. The van der Waals surface area contributed by atoms with Crippen LogP contribution in [-0.4, -0.2) is 11.7 Å². The molecule has 2 aliphatic rings. The van der Waals surface area contributed by atoms with E-state index in [1.165, 1.54) is 22.5 Å². The number of thiazole rings is 1. The summed E-state index contributed by atoms with van der Waals surface area (Å²) in [6.45, 7) is 0. The smallest absolute Gasteiger partial charge is 0.271 e. The summed E-state index contributed by atoms with van der Waals surface area (Å²) in [5, 5.41) is 0. The monoisotopic (exact) mass is 518 g/mol. The van der Waals surface area contributed by atoms with Crippen LogP contribution in [0.15, 0.2) is 85.1 Å². The fraction of sp³-hybridized carbons (Fsp3) is 0.154. The van der Waals surface area contributed by atoms with Crippen LogP contribution in [0.4, 0.5) is 0 Å². The molecule has 0 saturated heterocycles. The number of halogens is 1. The fourth-order valence-electron chi connectivity index (χ4n) is 4.67. The second-order valence-electron chi connectivity index (χ2n) is 8.03. The molecule has 1 unspecified atom stereocenters. The first-order valence-electron chi connectivity index (χ1n) is 10.6. The van der Waals surface area contributed by atoms with Crippen molar-refractivity contribution in [2.45, 2.75) is 18.9 Å². The number of aromatic nitrogens is 1. The summed E-state index contributed by atoms with van der Waals surface area (Å²) in [7, 11) is 1.66. The van der Waals surface area contributed by atoms with Crippen LogP contribution in [0.25, 0.3) is 11.8 Å². The van der Waals surface area contributed by atoms with E-state index in [1.807, 2.05) is 34.9 Å². The Morgan fingerprint density at radius 2 is 2.03 bits per heavy atom. The van der Waals surface area contributed by atoms with Crippen LogP contribution >= 0.6 is 27.3 Å². The van der Waals surface area contributed by atoms with Gasteiger partial charge in [0, 0.05) is 11.6 Å². The van der Waals surface area contributed by atoms with E-state index in [1.54, 1.807) is 13.2 Å². The zero-order valence-electron chi connectivity index (χ0n) is 17.7. The summed E-state index contributed by atoms with van der Waals surface area (Å²) in [4.78, 5) is 19.4. The molecule has 0 radical (unpaired) electrons. The SMILES string of the molecule is COc1cccc(C2C3=C(N=c4sc(=Cc5ccc(Br)o5)c(=O)n42)c2ccccc2CC3)c1. The van der Waals surface area contributed by atoms with E-state index in [0.717, 1.165) is 35.4 Å². The minimum absolute atomic E-state index is 0.0653. The van der Waals surface area contributed by atoms with Crippen LogP contribution in [0.5, 0.6) is 5.75 Å². The predicted molar refractivity (Wildman–Crippen MR) is 132 cm³/mol. The lowest BCUT2D eigenvalue weighted by Crippen LogP contribution is -2.38. The lowest BCUT2D eigenvalue weighted by Gasteiger charge is -2.31. The molecule has 164 valence electrons. The van der Waals surface area contributed by atoms with Crippen molar-refractivity contribution < 1.29 is 9.15 Å². The number of methoxy groups -OCH3 is 1. The molecule has 4 aromatic rings. The van der Waals surface area contributed by atoms with Gasteiger partial charge in [-0.05, 0) is 69.7 Å².